The van der Waals surface area contributed by atoms with Crippen LogP contribution in [0.2, 0.25) is 0 Å². The van der Waals surface area contributed by atoms with E-state index in [0.717, 1.165) is 0 Å². The average molecular weight is 263 g/mol. The standard InChI is InChI=1S/C17H26FN/c1-3-4-5-6-13(2)19-17-11-15(12-17)14-7-9-16(18)10-8-14/h7-10,13,15,17,19H,3-6,11-12H2,1-2H3. The first-order valence-corrected chi connectivity index (χ1v) is 7.70. The maximum Gasteiger partial charge on any atom is 0.123 e. The molecule has 0 saturated heterocycles. The van der Waals surface area contributed by atoms with Crippen LogP contribution >= 0.6 is 0 Å². The number of rotatable bonds is 7. The molecule has 0 heterocycles. The van der Waals surface area contributed by atoms with Gasteiger partial charge in [-0.3, -0.25) is 0 Å². The van der Waals surface area contributed by atoms with E-state index in [9.17, 15) is 4.39 Å². The highest BCUT2D eigenvalue weighted by Crippen LogP contribution is 2.37. The van der Waals surface area contributed by atoms with Crippen LogP contribution in [0.25, 0.3) is 0 Å². The maximum atomic E-state index is 12.9. The second-order valence-corrected chi connectivity index (χ2v) is 5.98. The van der Waals surface area contributed by atoms with E-state index in [0.29, 0.717) is 18.0 Å². The minimum Gasteiger partial charge on any atom is -0.311 e. The van der Waals surface area contributed by atoms with Gasteiger partial charge in [0.2, 0.25) is 0 Å². The Bertz CT molecular complexity index is 367. The molecule has 0 bridgehead atoms. The number of halogens is 1. The summed E-state index contributed by atoms with van der Waals surface area (Å²) in [6, 6.07) is 8.30. The molecule has 1 aliphatic rings. The zero-order chi connectivity index (χ0) is 13.7. The van der Waals surface area contributed by atoms with Gasteiger partial charge in [-0.2, -0.15) is 0 Å². The van der Waals surface area contributed by atoms with E-state index in [1.807, 2.05) is 12.1 Å². The van der Waals surface area contributed by atoms with Crippen molar-refractivity contribution in [1.82, 2.24) is 5.32 Å². The third-order valence-electron chi connectivity index (χ3n) is 4.24. The molecule has 1 aliphatic carbocycles. The highest BCUT2D eigenvalue weighted by Gasteiger charge is 2.30. The van der Waals surface area contributed by atoms with Gasteiger partial charge in [0.15, 0.2) is 0 Å². The maximum absolute atomic E-state index is 12.9. The van der Waals surface area contributed by atoms with Crippen molar-refractivity contribution in [1.29, 1.82) is 0 Å². The summed E-state index contributed by atoms with van der Waals surface area (Å²) >= 11 is 0. The fourth-order valence-electron chi connectivity index (χ4n) is 2.95. The molecule has 1 saturated carbocycles. The normalized spacial score (nSPS) is 23.9. The highest BCUT2D eigenvalue weighted by molar-refractivity contribution is 5.23. The van der Waals surface area contributed by atoms with Crippen LogP contribution in [-0.4, -0.2) is 12.1 Å². The number of unbranched alkanes of at least 4 members (excludes halogenated alkanes) is 2. The van der Waals surface area contributed by atoms with E-state index in [2.05, 4.69) is 19.2 Å². The van der Waals surface area contributed by atoms with Crippen LogP contribution < -0.4 is 5.32 Å². The molecule has 0 radical (unpaired) electrons. The van der Waals surface area contributed by atoms with Gasteiger partial charge in [0.25, 0.3) is 0 Å². The predicted molar refractivity (Wildman–Crippen MR) is 78.9 cm³/mol. The minimum absolute atomic E-state index is 0.137. The third-order valence-corrected chi connectivity index (χ3v) is 4.24. The summed E-state index contributed by atoms with van der Waals surface area (Å²) in [6.07, 6.45) is 7.65. The molecule has 19 heavy (non-hydrogen) atoms. The summed E-state index contributed by atoms with van der Waals surface area (Å²) in [4.78, 5) is 0. The SMILES string of the molecule is CCCCCC(C)NC1CC(c2ccc(F)cc2)C1. The molecular weight excluding hydrogens is 237 g/mol. The Morgan fingerprint density at radius 2 is 1.89 bits per heavy atom. The minimum atomic E-state index is -0.137. The molecule has 106 valence electrons. The van der Waals surface area contributed by atoms with Crippen LogP contribution in [0.4, 0.5) is 4.39 Å². The van der Waals surface area contributed by atoms with Crippen LogP contribution in [0.1, 0.15) is 63.9 Å². The lowest BCUT2D eigenvalue weighted by Crippen LogP contribution is -2.44. The fraction of sp³-hybridized carbons (Fsp3) is 0.647. The molecule has 1 fully saturated rings. The van der Waals surface area contributed by atoms with Gasteiger partial charge in [-0.15, -0.1) is 0 Å². The first-order chi connectivity index (χ1) is 9.19. The average Bonchev–Trinajstić information content (AvgIpc) is 2.35. The molecule has 0 aromatic heterocycles. The molecule has 1 aromatic carbocycles. The van der Waals surface area contributed by atoms with E-state index in [1.54, 1.807) is 12.1 Å². The zero-order valence-electron chi connectivity index (χ0n) is 12.2. The van der Waals surface area contributed by atoms with Gasteiger partial charge < -0.3 is 5.32 Å². The van der Waals surface area contributed by atoms with Crippen LogP contribution in [0.3, 0.4) is 0 Å². The van der Waals surface area contributed by atoms with Crippen molar-refractivity contribution in [2.45, 2.75) is 70.4 Å². The molecule has 2 heteroatoms. The van der Waals surface area contributed by atoms with Crippen molar-refractivity contribution in [2.75, 3.05) is 0 Å². The van der Waals surface area contributed by atoms with E-state index in [1.165, 1.54) is 44.1 Å². The molecule has 0 aliphatic heterocycles. The lowest BCUT2D eigenvalue weighted by atomic mass is 9.75. The predicted octanol–water partition coefficient (Wildman–Crippen LogP) is 4.63. The number of hydrogen-bond donors (Lipinski definition) is 1. The monoisotopic (exact) mass is 263 g/mol. The van der Waals surface area contributed by atoms with Crippen LogP contribution in [-0.2, 0) is 0 Å². The Morgan fingerprint density at radius 1 is 1.21 bits per heavy atom. The molecule has 0 spiro atoms. The molecule has 1 unspecified atom stereocenters. The molecule has 1 N–H and O–H groups in total. The Kier molecular flexibility index (Phi) is 5.38. The van der Waals surface area contributed by atoms with Crippen molar-refractivity contribution in [2.24, 2.45) is 0 Å². The van der Waals surface area contributed by atoms with Gasteiger partial charge in [-0.1, -0.05) is 38.3 Å². The topological polar surface area (TPSA) is 12.0 Å². The van der Waals surface area contributed by atoms with Crippen molar-refractivity contribution in [3.63, 3.8) is 0 Å². The first-order valence-electron chi connectivity index (χ1n) is 7.70. The second kappa shape index (κ2) is 7.04. The highest BCUT2D eigenvalue weighted by atomic mass is 19.1. The smallest absolute Gasteiger partial charge is 0.123 e. The van der Waals surface area contributed by atoms with Gasteiger partial charge in [0.05, 0.1) is 0 Å². The molecule has 1 nitrogen and oxygen atoms in total. The Morgan fingerprint density at radius 3 is 2.53 bits per heavy atom. The Hall–Kier alpha value is -0.890. The van der Waals surface area contributed by atoms with Crippen molar-refractivity contribution >= 4 is 0 Å². The zero-order valence-corrected chi connectivity index (χ0v) is 12.2. The third kappa shape index (κ3) is 4.31. The quantitative estimate of drug-likeness (QED) is 0.707. The number of hydrogen-bond acceptors (Lipinski definition) is 1. The molecule has 1 atom stereocenters. The Labute approximate surface area is 116 Å². The molecule has 0 amide bonds. The molecular formula is C17H26FN. The van der Waals surface area contributed by atoms with Gasteiger partial charge >= 0.3 is 0 Å². The summed E-state index contributed by atoms with van der Waals surface area (Å²) in [6.45, 7) is 4.54. The second-order valence-electron chi connectivity index (χ2n) is 5.98. The van der Waals surface area contributed by atoms with E-state index < -0.39 is 0 Å². The summed E-state index contributed by atoms with van der Waals surface area (Å²) in [7, 11) is 0. The fourth-order valence-corrected chi connectivity index (χ4v) is 2.95. The lowest BCUT2D eigenvalue weighted by Gasteiger charge is -2.38. The van der Waals surface area contributed by atoms with Crippen LogP contribution in [0, 0.1) is 5.82 Å². The summed E-state index contributed by atoms with van der Waals surface area (Å²) < 4.78 is 12.9. The van der Waals surface area contributed by atoms with Crippen LogP contribution in [0.5, 0.6) is 0 Å². The van der Waals surface area contributed by atoms with Crippen molar-refractivity contribution in [3.05, 3.63) is 35.6 Å². The van der Waals surface area contributed by atoms with Gasteiger partial charge in [0, 0.05) is 12.1 Å². The first kappa shape index (κ1) is 14.5. The molecule has 1 aromatic rings. The lowest BCUT2D eigenvalue weighted by molar-refractivity contribution is 0.263. The number of benzene rings is 1. The van der Waals surface area contributed by atoms with E-state index in [4.69, 9.17) is 0 Å². The van der Waals surface area contributed by atoms with E-state index >= 15 is 0 Å². The number of nitrogens with one attached hydrogen (secondary N) is 1. The van der Waals surface area contributed by atoms with Crippen molar-refractivity contribution in [3.8, 4) is 0 Å². The Balaban J connectivity index is 1.67. The van der Waals surface area contributed by atoms with Gasteiger partial charge in [-0.05, 0) is 49.8 Å². The van der Waals surface area contributed by atoms with Gasteiger partial charge in [0.1, 0.15) is 5.82 Å². The largest absolute Gasteiger partial charge is 0.311 e. The molecule has 2 rings (SSSR count). The van der Waals surface area contributed by atoms with Crippen LogP contribution in [0.15, 0.2) is 24.3 Å². The summed E-state index contributed by atoms with van der Waals surface area (Å²) in [5.41, 5.74) is 1.29. The summed E-state index contributed by atoms with van der Waals surface area (Å²) in [5, 5.41) is 3.71. The summed E-state index contributed by atoms with van der Waals surface area (Å²) in [5.74, 6) is 0.489. The van der Waals surface area contributed by atoms with Crippen molar-refractivity contribution < 1.29 is 4.39 Å². The van der Waals surface area contributed by atoms with Gasteiger partial charge in [-0.25, -0.2) is 4.39 Å². The van der Waals surface area contributed by atoms with E-state index in [-0.39, 0.29) is 5.82 Å².